The van der Waals surface area contributed by atoms with Crippen molar-refractivity contribution in [2.45, 2.75) is 64.8 Å². The molecule has 7 nitrogen and oxygen atoms in total. The Kier molecular flexibility index (Phi) is 4.52. The van der Waals surface area contributed by atoms with Gasteiger partial charge in [-0.3, -0.25) is 9.59 Å². The molecule has 160 valence electrons. The number of fused-ring (bicyclic) bond motifs is 2. The number of hydrogen-bond donors (Lipinski definition) is 2. The monoisotopic (exact) mass is 406 g/mol. The van der Waals surface area contributed by atoms with E-state index in [1.54, 1.807) is 0 Å². The van der Waals surface area contributed by atoms with Gasteiger partial charge in [0.2, 0.25) is 0 Å². The first-order chi connectivity index (χ1) is 13.5. The summed E-state index contributed by atoms with van der Waals surface area (Å²) in [4.78, 5) is 37.5. The minimum atomic E-state index is -1.33. The van der Waals surface area contributed by atoms with Crippen LogP contribution in [0.2, 0.25) is 0 Å². The Balaban J connectivity index is 1.94. The summed E-state index contributed by atoms with van der Waals surface area (Å²) >= 11 is 0. The topological polar surface area (TPSA) is 110 Å². The van der Waals surface area contributed by atoms with Crippen LogP contribution in [0.3, 0.4) is 0 Å². The average Bonchev–Trinajstić information content (AvgIpc) is 2.84. The second-order valence-electron chi connectivity index (χ2n) is 10.1. The lowest BCUT2D eigenvalue weighted by molar-refractivity contribution is -0.263. The Bertz CT molecular complexity index is 773. The first-order valence-corrected chi connectivity index (χ1v) is 10.4. The van der Waals surface area contributed by atoms with Crippen LogP contribution in [0.4, 0.5) is 0 Å². The molecule has 1 saturated heterocycles. The molecule has 7 heteroatoms. The molecular formula is C22H30O7. The lowest BCUT2D eigenvalue weighted by Crippen LogP contribution is -2.71. The summed E-state index contributed by atoms with van der Waals surface area (Å²) in [6, 6.07) is 0. The number of aliphatic hydroxyl groups is 2. The van der Waals surface area contributed by atoms with E-state index in [1.807, 2.05) is 13.8 Å². The van der Waals surface area contributed by atoms with E-state index in [2.05, 4.69) is 6.58 Å². The van der Waals surface area contributed by atoms with Crippen molar-refractivity contribution >= 4 is 18.2 Å². The van der Waals surface area contributed by atoms with Gasteiger partial charge < -0.3 is 24.5 Å². The number of aliphatic hydroxyl groups excluding tert-OH is 2. The largest absolute Gasteiger partial charge is 0.464 e. The first kappa shape index (κ1) is 20.5. The van der Waals surface area contributed by atoms with Gasteiger partial charge in [0.1, 0.15) is 24.4 Å². The number of rotatable bonds is 2. The minimum absolute atomic E-state index is 0.132. The standard InChI is InChI=1S/C22H30O7/c1-11-13-7-14(25)17-21(8-13,18(11)29-12(2)24)19(27)28-10-22(17)15(9-23)20(3,4)6-5-16(22)26/h9,13-18,25-26H,1,5-8,10H2,2-4H3/t13-,14+,15-,16+,17-,18+,21+,22+/m1/s1. The molecule has 1 heterocycles. The molecule has 0 aromatic carbocycles. The van der Waals surface area contributed by atoms with E-state index in [9.17, 15) is 24.6 Å². The van der Waals surface area contributed by atoms with Crippen molar-refractivity contribution in [2.24, 2.45) is 34.0 Å². The van der Waals surface area contributed by atoms with E-state index >= 15 is 0 Å². The zero-order chi connectivity index (χ0) is 21.4. The maximum absolute atomic E-state index is 13.2. The first-order valence-electron chi connectivity index (χ1n) is 10.4. The van der Waals surface area contributed by atoms with Crippen molar-refractivity contribution in [1.82, 2.24) is 0 Å². The molecule has 29 heavy (non-hydrogen) atoms. The predicted octanol–water partition coefficient (Wildman–Crippen LogP) is 1.40. The van der Waals surface area contributed by atoms with Crippen molar-refractivity contribution < 1.29 is 34.1 Å². The van der Waals surface area contributed by atoms with E-state index in [0.29, 0.717) is 31.3 Å². The molecule has 2 bridgehead atoms. The van der Waals surface area contributed by atoms with Gasteiger partial charge >= 0.3 is 11.9 Å². The van der Waals surface area contributed by atoms with Crippen molar-refractivity contribution in [1.29, 1.82) is 0 Å². The lowest BCUT2D eigenvalue weighted by atomic mass is 9.43. The molecular weight excluding hydrogens is 376 g/mol. The van der Waals surface area contributed by atoms with Crippen molar-refractivity contribution in [2.75, 3.05) is 6.61 Å². The highest BCUT2D eigenvalue weighted by molar-refractivity contribution is 5.83. The zero-order valence-corrected chi connectivity index (χ0v) is 17.2. The quantitative estimate of drug-likeness (QED) is 0.405. The van der Waals surface area contributed by atoms with Crippen LogP contribution in [0.5, 0.6) is 0 Å². The molecule has 0 unspecified atom stereocenters. The van der Waals surface area contributed by atoms with E-state index < -0.39 is 58.3 Å². The summed E-state index contributed by atoms with van der Waals surface area (Å²) in [5.74, 6) is -2.65. The predicted molar refractivity (Wildman–Crippen MR) is 101 cm³/mol. The fourth-order valence-electron chi connectivity index (χ4n) is 7.17. The van der Waals surface area contributed by atoms with E-state index in [4.69, 9.17) is 9.47 Å². The smallest absolute Gasteiger partial charge is 0.316 e. The summed E-state index contributed by atoms with van der Waals surface area (Å²) in [7, 11) is 0. The highest BCUT2D eigenvalue weighted by atomic mass is 16.6. The van der Waals surface area contributed by atoms with Crippen LogP contribution >= 0.6 is 0 Å². The zero-order valence-electron chi connectivity index (χ0n) is 17.2. The molecule has 2 spiro atoms. The van der Waals surface area contributed by atoms with Gasteiger partial charge in [-0.2, -0.15) is 0 Å². The summed E-state index contributed by atoms with van der Waals surface area (Å²) in [6.45, 7) is 9.16. The molecule has 8 atom stereocenters. The molecule has 1 aliphatic heterocycles. The molecule has 3 aliphatic carbocycles. The molecule has 4 rings (SSSR count). The Hall–Kier alpha value is -1.73. The molecule has 4 fully saturated rings. The number of carbonyl (C=O) groups excluding carboxylic acids is 3. The van der Waals surface area contributed by atoms with Crippen molar-refractivity contribution in [3.63, 3.8) is 0 Å². The molecule has 4 aliphatic rings. The summed E-state index contributed by atoms with van der Waals surface area (Å²) in [6.07, 6.45) is -0.159. The molecule has 2 N–H and O–H groups in total. The number of cyclic esters (lactones) is 1. The fraction of sp³-hybridized carbons (Fsp3) is 0.773. The van der Waals surface area contributed by atoms with E-state index in [1.165, 1.54) is 6.92 Å². The Labute approximate surface area is 170 Å². The number of hydrogen-bond acceptors (Lipinski definition) is 7. The van der Waals surface area contributed by atoms with Gasteiger partial charge in [-0.15, -0.1) is 0 Å². The summed E-state index contributed by atoms with van der Waals surface area (Å²) in [5, 5.41) is 22.5. The second kappa shape index (κ2) is 6.38. The highest BCUT2D eigenvalue weighted by Gasteiger charge is 2.76. The third kappa shape index (κ3) is 2.46. The van der Waals surface area contributed by atoms with Gasteiger partial charge in [0.15, 0.2) is 0 Å². The fourth-order valence-corrected chi connectivity index (χ4v) is 7.17. The second-order valence-corrected chi connectivity index (χ2v) is 10.1. The average molecular weight is 406 g/mol. The lowest BCUT2D eigenvalue weighted by Gasteiger charge is -2.63. The van der Waals surface area contributed by atoms with Crippen LogP contribution in [0.1, 0.15) is 46.5 Å². The summed E-state index contributed by atoms with van der Waals surface area (Å²) < 4.78 is 11.3. The van der Waals surface area contributed by atoms with Crippen LogP contribution in [0, 0.1) is 34.0 Å². The van der Waals surface area contributed by atoms with Gasteiger partial charge in [-0.25, -0.2) is 0 Å². The Morgan fingerprint density at radius 3 is 2.66 bits per heavy atom. The molecule has 0 radical (unpaired) electrons. The number of esters is 2. The normalized spacial score (nSPS) is 48.0. The highest BCUT2D eigenvalue weighted by Crippen LogP contribution is 2.69. The number of carbonyl (C=O) groups is 3. The number of aldehydes is 1. The van der Waals surface area contributed by atoms with Gasteiger partial charge in [0, 0.05) is 24.2 Å². The third-order valence-corrected chi connectivity index (χ3v) is 8.31. The molecule has 0 amide bonds. The SMILES string of the molecule is C=C1[C@@H]2C[C@H](O)[C@@H]3[C@](C2)(C(=O)OC[C@@]32[C@H](C=O)C(C)(C)CC[C@@H]2O)[C@H]1OC(C)=O. The minimum Gasteiger partial charge on any atom is -0.464 e. The van der Waals surface area contributed by atoms with Gasteiger partial charge in [0.25, 0.3) is 0 Å². The maximum atomic E-state index is 13.2. The van der Waals surface area contributed by atoms with Crippen LogP contribution < -0.4 is 0 Å². The number of ether oxygens (including phenoxy) is 2. The van der Waals surface area contributed by atoms with Gasteiger partial charge in [0.05, 0.1) is 12.2 Å². The van der Waals surface area contributed by atoms with Crippen LogP contribution in [0.15, 0.2) is 12.2 Å². The Morgan fingerprint density at radius 1 is 1.34 bits per heavy atom. The maximum Gasteiger partial charge on any atom is 0.316 e. The van der Waals surface area contributed by atoms with Crippen LogP contribution in [0.25, 0.3) is 0 Å². The molecule has 3 saturated carbocycles. The van der Waals surface area contributed by atoms with E-state index in [-0.39, 0.29) is 12.5 Å². The van der Waals surface area contributed by atoms with Crippen LogP contribution in [-0.4, -0.2) is 53.4 Å². The Morgan fingerprint density at radius 2 is 2.03 bits per heavy atom. The van der Waals surface area contributed by atoms with Gasteiger partial charge in [-0.1, -0.05) is 20.4 Å². The molecule has 0 aromatic heterocycles. The molecule has 0 aromatic rings. The third-order valence-electron chi connectivity index (χ3n) is 8.31. The summed E-state index contributed by atoms with van der Waals surface area (Å²) in [5.41, 5.74) is -2.30. The van der Waals surface area contributed by atoms with Crippen LogP contribution in [-0.2, 0) is 23.9 Å². The van der Waals surface area contributed by atoms with Crippen molar-refractivity contribution in [3.8, 4) is 0 Å². The van der Waals surface area contributed by atoms with Gasteiger partial charge in [-0.05, 0) is 42.6 Å². The van der Waals surface area contributed by atoms with E-state index in [0.717, 1.165) is 6.29 Å². The van der Waals surface area contributed by atoms with Crippen molar-refractivity contribution in [3.05, 3.63) is 12.2 Å².